The lowest BCUT2D eigenvalue weighted by molar-refractivity contribution is -0.134. The highest BCUT2D eigenvalue weighted by Crippen LogP contribution is 2.33. The van der Waals surface area contributed by atoms with E-state index in [4.69, 9.17) is 5.10 Å². The fourth-order valence-corrected chi connectivity index (χ4v) is 4.14. The van der Waals surface area contributed by atoms with E-state index in [9.17, 15) is 9.18 Å². The molecule has 0 N–H and O–H groups in total. The molecule has 0 unspecified atom stereocenters. The number of nitrogens with zero attached hydrogens (tertiary/aromatic N) is 5. The van der Waals surface area contributed by atoms with Crippen molar-refractivity contribution in [2.75, 3.05) is 39.3 Å². The van der Waals surface area contributed by atoms with Gasteiger partial charge in [-0.25, -0.2) is 9.40 Å². The molecule has 1 amide bonds. The van der Waals surface area contributed by atoms with Gasteiger partial charge < -0.3 is 9.47 Å². The van der Waals surface area contributed by atoms with Crippen LogP contribution in [0.1, 0.15) is 30.6 Å². The third-order valence-electron chi connectivity index (χ3n) is 5.94. The van der Waals surface area contributed by atoms with Gasteiger partial charge in [-0.1, -0.05) is 19.1 Å². The predicted octanol–water partition coefficient (Wildman–Crippen LogP) is 2.48. The van der Waals surface area contributed by atoms with Gasteiger partial charge in [0.25, 0.3) is 5.91 Å². The molecule has 7 heteroatoms. The maximum Gasteiger partial charge on any atom is 0.257 e. The van der Waals surface area contributed by atoms with Gasteiger partial charge in [-0.05, 0) is 36.4 Å². The molecule has 1 aromatic heterocycles. The first-order valence-corrected chi connectivity index (χ1v) is 10.3. The minimum Gasteiger partial charge on any atom is -0.353 e. The molecule has 0 saturated carbocycles. The Labute approximate surface area is 171 Å². The Morgan fingerprint density at radius 1 is 1.10 bits per heavy atom. The second-order valence-corrected chi connectivity index (χ2v) is 7.77. The van der Waals surface area contributed by atoms with Gasteiger partial charge in [-0.15, -0.1) is 0 Å². The molecule has 4 rings (SSSR count). The Bertz CT molecular complexity index is 883. The summed E-state index contributed by atoms with van der Waals surface area (Å²) in [5.74, 6) is -0.260. The summed E-state index contributed by atoms with van der Waals surface area (Å²) in [4.78, 5) is 17.8. The highest BCUT2D eigenvalue weighted by molar-refractivity contribution is 6.03. The van der Waals surface area contributed by atoms with E-state index in [1.54, 1.807) is 17.1 Å². The van der Waals surface area contributed by atoms with Gasteiger partial charge in [0.1, 0.15) is 11.9 Å². The Hall–Kier alpha value is -2.51. The largest absolute Gasteiger partial charge is 0.353 e. The zero-order valence-corrected chi connectivity index (χ0v) is 17.1. The average molecular weight is 397 g/mol. The summed E-state index contributed by atoms with van der Waals surface area (Å²) in [6.45, 7) is 7.38. The van der Waals surface area contributed by atoms with Gasteiger partial charge in [0.2, 0.25) is 0 Å². The molecule has 1 aromatic carbocycles. The van der Waals surface area contributed by atoms with Crippen LogP contribution in [0.15, 0.2) is 47.7 Å². The zero-order chi connectivity index (χ0) is 20.4. The van der Waals surface area contributed by atoms with Crippen LogP contribution in [0.4, 0.5) is 4.39 Å². The first-order chi connectivity index (χ1) is 14.0. The predicted molar refractivity (Wildman–Crippen MR) is 111 cm³/mol. The highest BCUT2D eigenvalue weighted by atomic mass is 19.1. The number of carbonyl (C=O) groups excluding carboxylic acids is 1. The lowest BCUT2D eigenvalue weighted by Crippen LogP contribution is -2.49. The van der Waals surface area contributed by atoms with Crippen LogP contribution in [-0.2, 0) is 11.8 Å². The summed E-state index contributed by atoms with van der Waals surface area (Å²) < 4.78 is 15.4. The molecule has 1 fully saturated rings. The number of hydrazone groups is 1. The summed E-state index contributed by atoms with van der Waals surface area (Å²) in [6, 6.07) is 10.2. The van der Waals surface area contributed by atoms with Crippen LogP contribution < -0.4 is 0 Å². The smallest absolute Gasteiger partial charge is 0.257 e. The molecule has 6 nitrogen and oxygen atoms in total. The molecule has 1 atom stereocenters. The van der Waals surface area contributed by atoms with Crippen LogP contribution in [0, 0.1) is 5.82 Å². The van der Waals surface area contributed by atoms with E-state index in [0.717, 1.165) is 49.7 Å². The van der Waals surface area contributed by atoms with Gasteiger partial charge in [-0.3, -0.25) is 9.69 Å². The average Bonchev–Trinajstić information content (AvgIpc) is 3.35. The highest BCUT2D eigenvalue weighted by Gasteiger charge is 2.35. The van der Waals surface area contributed by atoms with Crippen LogP contribution in [-0.4, -0.2) is 70.3 Å². The number of benzene rings is 1. The van der Waals surface area contributed by atoms with Crippen molar-refractivity contribution in [2.24, 2.45) is 12.1 Å². The molecule has 0 radical (unpaired) electrons. The second kappa shape index (κ2) is 8.47. The minimum absolute atomic E-state index is 0.0123. The van der Waals surface area contributed by atoms with E-state index in [0.29, 0.717) is 13.0 Å². The van der Waals surface area contributed by atoms with E-state index in [1.165, 1.54) is 12.1 Å². The molecule has 2 aliphatic rings. The van der Waals surface area contributed by atoms with Crippen molar-refractivity contribution in [1.29, 1.82) is 0 Å². The Balaban J connectivity index is 1.54. The van der Waals surface area contributed by atoms with E-state index in [1.807, 2.05) is 29.9 Å². The molecule has 2 aliphatic heterocycles. The number of rotatable bonds is 5. The van der Waals surface area contributed by atoms with E-state index >= 15 is 0 Å². The van der Waals surface area contributed by atoms with Crippen molar-refractivity contribution in [3.63, 3.8) is 0 Å². The molecule has 2 aromatic rings. The van der Waals surface area contributed by atoms with Gasteiger partial charge in [0.15, 0.2) is 0 Å². The number of piperazine rings is 1. The van der Waals surface area contributed by atoms with E-state index < -0.39 is 0 Å². The summed E-state index contributed by atoms with van der Waals surface area (Å²) in [5.41, 5.74) is 2.73. The maximum atomic E-state index is 13.3. The first-order valence-electron chi connectivity index (χ1n) is 10.3. The summed E-state index contributed by atoms with van der Waals surface area (Å²) in [7, 11) is 1.98. The zero-order valence-electron chi connectivity index (χ0n) is 17.1. The maximum absolute atomic E-state index is 13.3. The van der Waals surface area contributed by atoms with Gasteiger partial charge in [-0.2, -0.15) is 5.10 Å². The molecule has 29 heavy (non-hydrogen) atoms. The second-order valence-electron chi connectivity index (χ2n) is 7.77. The number of hydrogen-bond donors (Lipinski definition) is 0. The summed E-state index contributed by atoms with van der Waals surface area (Å²) in [6.07, 6.45) is 2.61. The van der Waals surface area contributed by atoms with E-state index in [2.05, 4.69) is 16.7 Å². The lowest BCUT2D eigenvalue weighted by atomic mass is 10.0. The fourth-order valence-electron chi connectivity index (χ4n) is 4.14. The van der Waals surface area contributed by atoms with Crippen molar-refractivity contribution in [1.82, 2.24) is 19.4 Å². The molecule has 0 bridgehead atoms. The Morgan fingerprint density at radius 2 is 1.79 bits per heavy atom. The SMILES string of the molecule is CCN1CCN(CC(=O)N2N=C(c3ccc(F)cc3)C[C@H]2c2cccn2C)CC1. The number of likely N-dealkylation sites (N-methyl/N-ethyl adjacent to an activating group) is 1. The van der Waals surface area contributed by atoms with Crippen molar-refractivity contribution >= 4 is 11.6 Å². The molecular formula is C22H28FN5O. The number of aryl methyl sites for hydroxylation is 1. The van der Waals surface area contributed by atoms with Crippen LogP contribution in [0.2, 0.25) is 0 Å². The quantitative estimate of drug-likeness (QED) is 0.779. The molecule has 1 saturated heterocycles. The topological polar surface area (TPSA) is 44.1 Å². The Kier molecular flexibility index (Phi) is 5.78. The van der Waals surface area contributed by atoms with Crippen LogP contribution >= 0.6 is 0 Å². The Morgan fingerprint density at radius 3 is 2.41 bits per heavy atom. The number of carbonyl (C=O) groups is 1. The van der Waals surface area contributed by atoms with Crippen LogP contribution in [0.3, 0.4) is 0 Å². The molecule has 0 spiro atoms. The number of amides is 1. The summed E-state index contributed by atoms with van der Waals surface area (Å²) in [5, 5.41) is 6.33. The van der Waals surface area contributed by atoms with Crippen molar-refractivity contribution in [2.45, 2.75) is 19.4 Å². The number of aromatic nitrogens is 1. The van der Waals surface area contributed by atoms with Gasteiger partial charge >= 0.3 is 0 Å². The normalized spacial score (nSPS) is 20.9. The molecule has 3 heterocycles. The van der Waals surface area contributed by atoms with Crippen LogP contribution in [0.25, 0.3) is 0 Å². The standard InChI is InChI=1S/C22H28FN5O/c1-3-26-11-13-27(14-12-26)16-22(29)28-21(20-5-4-10-25(20)2)15-19(24-28)17-6-8-18(23)9-7-17/h4-10,21H,3,11-16H2,1-2H3/t21-/m0/s1. The van der Waals surface area contributed by atoms with Gasteiger partial charge in [0.05, 0.1) is 12.3 Å². The van der Waals surface area contributed by atoms with E-state index in [-0.39, 0.29) is 17.8 Å². The first kappa shape index (κ1) is 19.8. The number of hydrogen-bond acceptors (Lipinski definition) is 4. The molecule has 154 valence electrons. The van der Waals surface area contributed by atoms with Crippen LogP contribution in [0.5, 0.6) is 0 Å². The third-order valence-corrected chi connectivity index (χ3v) is 5.94. The van der Waals surface area contributed by atoms with Crippen molar-refractivity contribution in [3.8, 4) is 0 Å². The monoisotopic (exact) mass is 397 g/mol. The molecule has 0 aliphatic carbocycles. The minimum atomic E-state index is -0.273. The summed E-state index contributed by atoms with van der Waals surface area (Å²) >= 11 is 0. The van der Waals surface area contributed by atoms with Gasteiger partial charge in [0, 0.05) is 51.5 Å². The fraction of sp³-hybridized carbons (Fsp3) is 0.455. The number of halogens is 1. The lowest BCUT2D eigenvalue weighted by Gasteiger charge is -2.34. The molecular weight excluding hydrogens is 369 g/mol. The third kappa shape index (κ3) is 4.26. The van der Waals surface area contributed by atoms with Crippen molar-refractivity contribution in [3.05, 3.63) is 59.7 Å². The van der Waals surface area contributed by atoms with Crippen molar-refractivity contribution < 1.29 is 9.18 Å².